The van der Waals surface area contributed by atoms with Crippen molar-refractivity contribution < 1.29 is 28.5 Å². The van der Waals surface area contributed by atoms with Crippen LogP contribution in [0.4, 0.5) is 0 Å². The summed E-state index contributed by atoms with van der Waals surface area (Å²) >= 11 is 0. The molecular weight excluding hydrogens is 468 g/mol. The summed E-state index contributed by atoms with van der Waals surface area (Å²) in [4.78, 5) is 23.4. The maximum atomic E-state index is 12.5. The zero-order valence-electron chi connectivity index (χ0n) is 20.9. The molecule has 6 heteroatoms. The lowest BCUT2D eigenvalue weighted by Crippen LogP contribution is -2.09. The van der Waals surface area contributed by atoms with Gasteiger partial charge in [0.1, 0.15) is 17.2 Å². The lowest BCUT2D eigenvalue weighted by atomic mass is 10.1. The van der Waals surface area contributed by atoms with Crippen molar-refractivity contribution in [2.75, 3.05) is 19.8 Å². The summed E-state index contributed by atoms with van der Waals surface area (Å²) < 4.78 is 21.6. The summed E-state index contributed by atoms with van der Waals surface area (Å²) in [5.74, 6) is 7.18. The first kappa shape index (κ1) is 27.1. The molecule has 0 aliphatic heterocycles. The van der Waals surface area contributed by atoms with E-state index in [0.717, 1.165) is 42.4 Å². The van der Waals surface area contributed by atoms with Gasteiger partial charge in [0.2, 0.25) is 0 Å². The molecule has 3 rings (SSSR count). The first-order valence-corrected chi connectivity index (χ1v) is 12.2. The van der Waals surface area contributed by atoms with Crippen LogP contribution >= 0.6 is 0 Å². The van der Waals surface area contributed by atoms with E-state index in [2.05, 4.69) is 25.3 Å². The van der Waals surface area contributed by atoms with Crippen molar-refractivity contribution in [1.82, 2.24) is 0 Å². The van der Waals surface area contributed by atoms with Crippen LogP contribution in [0.3, 0.4) is 0 Å². The molecule has 6 nitrogen and oxygen atoms in total. The fourth-order valence-electron chi connectivity index (χ4n) is 3.05. The molecule has 190 valence electrons. The Bertz CT molecular complexity index is 1220. The Hall–Kier alpha value is -4.50. The summed E-state index contributed by atoms with van der Waals surface area (Å²) in [7, 11) is 0. The zero-order chi connectivity index (χ0) is 26.3. The molecule has 0 saturated heterocycles. The van der Waals surface area contributed by atoms with Gasteiger partial charge in [-0.25, -0.2) is 9.59 Å². The van der Waals surface area contributed by atoms with E-state index in [1.165, 1.54) is 0 Å². The third-order valence-corrected chi connectivity index (χ3v) is 5.10. The lowest BCUT2D eigenvalue weighted by molar-refractivity contribution is -0.137. The van der Waals surface area contributed by atoms with E-state index in [1.807, 2.05) is 24.3 Å². The highest BCUT2D eigenvalue weighted by atomic mass is 16.5. The monoisotopic (exact) mass is 498 g/mol. The van der Waals surface area contributed by atoms with E-state index in [-0.39, 0.29) is 6.61 Å². The summed E-state index contributed by atoms with van der Waals surface area (Å²) in [5, 5.41) is 0. The molecule has 0 amide bonds. The van der Waals surface area contributed by atoms with Crippen molar-refractivity contribution in [3.8, 4) is 29.1 Å². The van der Waals surface area contributed by atoms with E-state index in [0.29, 0.717) is 30.1 Å². The normalized spacial score (nSPS) is 9.97. The Morgan fingerprint density at radius 3 is 1.78 bits per heavy atom. The number of unbranched alkanes of at least 4 members (excludes halogenated alkanes) is 1. The van der Waals surface area contributed by atoms with Gasteiger partial charge in [-0.1, -0.05) is 31.8 Å². The van der Waals surface area contributed by atoms with Gasteiger partial charge in [0.05, 0.1) is 25.4 Å². The smallest absolute Gasteiger partial charge is 0.343 e. The Labute approximate surface area is 217 Å². The molecule has 0 bridgehead atoms. The van der Waals surface area contributed by atoms with Crippen molar-refractivity contribution >= 4 is 11.9 Å². The first-order valence-electron chi connectivity index (χ1n) is 12.2. The van der Waals surface area contributed by atoms with Gasteiger partial charge in [0.15, 0.2) is 0 Å². The van der Waals surface area contributed by atoms with Crippen molar-refractivity contribution in [2.45, 2.75) is 26.2 Å². The number of carbonyl (C=O) groups is 2. The van der Waals surface area contributed by atoms with E-state index in [9.17, 15) is 9.59 Å². The number of benzene rings is 3. The maximum absolute atomic E-state index is 12.5. The fraction of sp³-hybridized carbons (Fsp3) is 0.226. The predicted molar refractivity (Wildman–Crippen MR) is 142 cm³/mol. The average Bonchev–Trinajstić information content (AvgIpc) is 2.93. The molecule has 0 saturated carbocycles. The molecule has 0 aliphatic carbocycles. The minimum Gasteiger partial charge on any atom is -0.494 e. The van der Waals surface area contributed by atoms with Gasteiger partial charge >= 0.3 is 11.9 Å². The molecule has 0 N–H and O–H groups in total. The van der Waals surface area contributed by atoms with Crippen molar-refractivity contribution in [3.05, 3.63) is 102 Å². The number of esters is 2. The third-order valence-electron chi connectivity index (χ3n) is 5.10. The Morgan fingerprint density at radius 2 is 1.24 bits per heavy atom. The lowest BCUT2D eigenvalue weighted by Gasteiger charge is -2.08. The average molecular weight is 499 g/mol. The van der Waals surface area contributed by atoms with E-state index in [1.54, 1.807) is 48.5 Å². The van der Waals surface area contributed by atoms with Gasteiger partial charge in [-0.3, -0.25) is 0 Å². The number of hydrogen-bond donors (Lipinski definition) is 0. The zero-order valence-corrected chi connectivity index (χ0v) is 20.9. The third kappa shape index (κ3) is 9.58. The van der Waals surface area contributed by atoms with Gasteiger partial charge in [0, 0.05) is 23.6 Å². The Morgan fingerprint density at radius 1 is 0.730 bits per heavy atom. The molecule has 3 aromatic carbocycles. The highest BCUT2D eigenvalue weighted by molar-refractivity contribution is 5.91. The van der Waals surface area contributed by atoms with Crippen LogP contribution in [0.1, 0.15) is 47.7 Å². The highest BCUT2D eigenvalue weighted by Crippen LogP contribution is 2.17. The topological polar surface area (TPSA) is 71.1 Å². The standard InChI is InChI=1S/C31H30O6/c1-3-5-21-34-27-15-9-24(10-16-27)7-8-25-11-17-29(18-12-25)37-31(33)26-13-19-28(20-14-26)35-22-6-23-36-30(32)4-2/h4,9-20H,2-3,5-6,21-23H2,1H3. The quantitative estimate of drug-likeness (QED) is 0.101. The molecule has 37 heavy (non-hydrogen) atoms. The van der Waals surface area contributed by atoms with Crippen LogP contribution in [0.5, 0.6) is 17.2 Å². The molecule has 0 atom stereocenters. The minimum atomic E-state index is -0.469. The van der Waals surface area contributed by atoms with Crippen molar-refractivity contribution in [3.63, 3.8) is 0 Å². The second-order valence-electron chi connectivity index (χ2n) is 7.99. The van der Waals surface area contributed by atoms with Crippen molar-refractivity contribution in [2.24, 2.45) is 0 Å². The van der Waals surface area contributed by atoms with E-state index >= 15 is 0 Å². The van der Waals surface area contributed by atoms with Gasteiger partial charge in [-0.15, -0.1) is 0 Å². The van der Waals surface area contributed by atoms with Gasteiger partial charge < -0.3 is 18.9 Å². The second kappa shape index (κ2) is 14.8. The molecule has 0 spiro atoms. The maximum Gasteiger partial charge on any atom is 0.343 e. The van der Waals surface area contributed by atoms with Crippen LogP contribution < -0.4 is 14.2 Å². The van der Waals surface area contributed by atoms with Crippen LogP contribution in [0.2, 0.25) is 0 Å². The molecule has 3 aromatic rings. The van der Waals surface area contributed by atoms with Gasteiger partial charge in [-0.05, 0) is 79.2 Å². The van der Waals surface area contributed by atoms with Crippen LogP contribution in [-0.2, 0) is 9.53 Å². The largest absolute Gasteiger partial charge is 0.494 e. The molecule has 0 unspecified atom stereocenters. The summed E-state index contributed by atoms with van der Waals surface area (Å²) in [6.07, 6.45) is 3.80. The Kier molecular flexibility index (Phi) is 10.8. The van der Waals surface area contributed by atoms with Crippen LogP contribution in [0, 0.1) is 11.8 Å². The molecule has 0 aromatic heterocycles. The molecule has 0 fully saturated rings. The number of carbonyl (C=O) groups excluding carboxylic acids is 2. The molecule has 0 radical (unpaired) electrons. The first-order chi connectivity index (χ1) is 18.1. The van der Waals surface area contributed by atoms with Crippen LogP contribution in [0.15, 0.2) is 85.5 Å². The Balaban J connectivity index is 1.46. The van der Waals surface area contributed by atoms with Crippen LogP contribution in [0.25, 0.3) is 0 Å². The molecular formula is C31H30O6. The van der Waals surface area contributed by atoms with E-state index in [4.69, 9.17) is 18.9 Å². The van der Waals surface area contributed by atoms with E-state index < -0.39 is 11.9 Å². The summed E-state index contributed by atoms with van der Waals surface area (Å²) in [6, 6.07) is 21.4. The number of rotatable bonds is 12. The predicted octanol–water partition coefficient (Wildman–Crippen LogP) is 5.98. The summed E-state index contributed by atoms with van der Waals surface area (Å²) in [6.45, 7) is 6.81. The number of ether oxygens (including phenoxy) is 4. The highest BCUT2D eigenvalue weighted by Gasteiger charge is 2.09. The number of hydrogen-bond acceptors (Lipinski definition) is 6. The molecule has 0 aliphatic rings. The van der Waals surface area contributed by atoms with Gasteiger partial charge in [-0.2, -0.15) is 0 Å². The SMILES string of the molecule is C=CC(=O)OCCCOc1ccc(C(=O)Oc2ccc(C#Cc3ccc(OCCCC)cc3)cc2)cc1. The van der Waals surface area contributed by atoms with Crippen molar-refractivity contribution in [1.29, 1.82) is 0 Å². The van der Waals surface area contributed by atoms with Gasteiger partial charge in [0.25, 0.3) is 0 Å². The summed E-state index contributed by atoms with van der Waals surface area (Å²) in [5.41, 5.74) is 2.10. The molecule has 0 heterocycles. The minimum absolute atomic E-state index is 0.251. The van der Waals surface area contributed by atoms with Crippen LogP contribution in [-0.4, -0.2) is 31.8 Å². The fourth-order valence-corrected chi connectivity index (χ4v) is 3.05. The second-order valence-corrected chi connectivity index (χ2v) is 7.99.